The summed E-state index contributed by atoms with van der Waals surface area (Å²) in [5.74, 6) is 0.900. The molecule has 0 amide bonds. The summed E-state index contributed by atoms with van der Waals surface area (Å²) in [6, 6.07) is 7.82. The Kier molecular flexibility index (Phi) is 3.62. The molecule has 0 spiro atoms. The molecule has 1 fully saturated rings. The molecule has 3 heteroatoms. The molecule has 2 nitrogen and oxygen atoms in total. The number of benzene rings is 1. The maximum atomic E-state index is 6.05. The summed E-state index contributed by atoms with van der Waals surface area (Å²) in [6.45, 7) is 1.94. The minimum absolute atomic E-state index is 0.0439. The number of halogens is 1. The molecule has 0 saturated heterocycles. The normalized spacial score (nSPS) is 17.7. The Hall–Kier alpha value is -0.570. The minimum atomic E-state index is 0.0439. The molecule has 0 heterocycles. The summed E-state index contributed by atoms with van der Waals surface area (Å²) >= 11 is 5.91. The highest BCUT2D eigenvalue weighted by atomic mass is 35.5. The molecule has 0 bridgehead atoms. The molecule has 1 unspecified atom stereocenters. The molecule has 1 atom stereocenters. The van der Waals surface area contributed by atoms with Crippen LogP contribution in [-0.4, -0.2) is 13.1 Å². The van der Waals surface area contributed by atoms with Gasteiger partial charge in [-0.2, -0.15) is 0 Å². The summed E-state index contributed by atoms with van der Waals surface area (Å²) in [4.78, 5) is 0. The van der Waals surface area contributed by atoms with Crippen LogP contribution in [0.4, 0.5) is 0 Å². The zero-order valence-corrected chi connectivity index (χ0v) is 9.50. The van der Waals surface area contributed by atoms with Crippen LogP contribution in [-0.2, 0) is 0 Å². The summed E-state index contributed by atoms with van der Waals surface area (Å²) < 4.78 is 0. The van der Waals surface area contributed by atoms with Crippen LogP contribution in [0.5, 0.6) is 0 Å². The van der Waals surface area contributed by atoms with Crippen molar-refractivity contribution in [3.05, 3.63) is 34.9 Å². The van der Waals surface area contributed by atoms with Gasteiger partial charge in [0.25, 0.3) is 0 Å². The predicted octanol–water partition coefficient (Wildman–Crippen LogP) is 2.34. The first-order valence-electron chi connectivity index (χ1n) is 5.47. The molecule has 1 aliphatic carbocycles. The van der Waals surface area contributed by atoms with Gasteiger partial charge in [0.15, 0.2) is 0 Å². The van der Waals surface area contributed by atoms with Crippen molar-refractivity contribution in [3.63, 3.8) is 0 Å². The second kappa shape index (κ2) is 4.97. The van der Waals surface area contributed by atoms with Gasteiger partial charge in [-0.15, -0.1) is 0 Å². The second-order valence-electron chi connectivity index (χ2n) is 4.26. The lowest BCUT2D eigenvalue weighted by Crippen LogP contribution is -2.28. The maximum Gasteiger partial charge on any atom is 0.0422 e. The van der Waals surface area contributed by atoms with Gasteiger partial charge < -0.3 is 11.1 Å². The smallest absolute Gasteiger partial charge is 0.0422 e. The van der Waals surface area contributed by atoms with Crippen molar-refractivity contribution in [1.82, 2.24) is 5.32 Å². The van der Waals surface area contributed by atoms with Crippen molar-refractivity contribution in [2.75, 3.05) is 13.1 Å². The maximum absolute atomic E-state index is 6.05. The Morgan fingerprint density at radius 3 is 2.93 bits per heavy atom. The monoisotopic (exact) mass is 224 g/mol. The van der Waals surface area contributed by atoms with Crippen LogP contribution in [0.25, 0.3) is 0 Å². The lowest BCUT2D eigenvalue weighted by Gasteiger charge is -2.13. The number of rotatable bonds is 5. The lowest BCUT2D eigenvalue weighted by atomic mass is 10.1. The van der Waals surface area contributed by atoms with Crippen LogP contribution in [0.15, 0.2) is 24.3 Å². The van der Waals surface area contributed by atoms with E-state index in [1.807, 2.05) is 24.3 Å². The standard InChI is InChI=1S/C12H17ClN2/c13-11-3-1-2-10(6-11)12(14)8-15-7-9-4-5-9/h1-3,6,9,12,15H,4-5,7-8,14H2. The van der Waals surface area contributed by atoms with E-state index in [0.717, 1.165) is 29.6 Å². The van der Waals surface area contributed by atoms with E-state index in [1.54, 1.807) is 0 Å². The fraction of sp³-hybridized carbons (Fsp3) is 0.500. The van der Waals surface area contributed by atoms with E-state index in [9.17, 15) is 0 Å². The van der Waals surface area contributed by atoms with E-state index in [2.05, 4.69) is 5.32 Å². The Morgan fingerprint density at radius 2 is 2.27 bits per heavy atom. The molecule has 3 N–H and O–H groups in total. The third-order valence-corrected chi connectivity index (χ3v) is 3.01. The predicted molar refractivity (Wildman–Crippen MR) is 64.0 cm³/mol. The van der Waals surface area contributed by atoms with Crippen LogP contribution < -0.4 is 11.1 Å². The van der Waals surface area contributed by atoms with Gasteiger partial charge in [0.1, 0.15) is 0 Å². The molecule has 2 rings (SSSR count). The average molecular weight is 225 g/mol. The van der Waals surface area contributed by atoms with Gasteiger partial charge in [-0.25, -0.2) is 0 Å². The topological polar surface area (TPSA) is 38.0 Å². The summed E-state index contributed by atoms with van der Waals surface area (Å²) in [5.41, 5.74) is 7.15. The van der Waals surface area contributed by atoms with E-state index in [1.165, 1.54) is 12.8 Å². The fourth-order valence-electron chi connectivity index (χ4n) is 1.62. The van der Waals surface area contributed by atoms with Gasteiger partial charge in [0, 0.05) is 17.6 Å². The highest BCUT2D eigenvalue weighted by molar-refractivity contribution is 6.30. The van der Waals surface area contributed by atoms with Crippen molar-refractivity contribution < 1.29 is 0 Å². The SMILES string of the molecule is NC(CNCC1CC1)c1cccc(Cl)c1. The molecule has 0 aliphatic heterocycles. The van der Waals surface area contributed by atoms with Crippen molar-refractivity contribution in [1.29, 1.82) is 0 Å². The van der Waals surface area contributed by atoms with E-state index in [-0.39, 0.29) is 6.04 Å². The van der Waals surface area contributed by atoms with Gasteiger partial charge in [0.2, 0.25) is 0 Å². The van der Waals surface area contributed by atoms with Crippen LogP contribution >= 0.6 is 11.6 Å². The van der Waals surface area contributed by atoms with Crippen molar-refractivity contribution in [2.45, 2.75) is 18.9 Å². The van der Waals surface area contributed by atoms with Crippen molar-refractivity contribution in [3.8, 4) is 0 Å². The molecule has 82 valence electrons. The van der Waals surface area contributed by atoms with E-state index in [0.29, 0.717) is 0 Å². The van der Waals surface area contributed by atoms with Crippen molar-refractivity contribution in [2.24, 2.45) is 11.7 Å². The lowest BCUT2D eigenvalue weighted by molar-refractivity contribution is 0.574. The highest BCUT2D eigenvalue weighted by Gasteiger charge is 2.20. The molecule has 15 heavy (non-hydrogen) atoms. The van der Waals surface area contributed by atoms with E-state index in [4.69, 9.17) is 17.3 Å². The largest absolute Gasteiger partial charge is 0.323 e. The number of nitrogens with two attached hydrogens (primary N) is 1. The molecular weight excluding hydrogens is 208 g/mol. The average Bonchev–Trinajstić information content (AvgIpc) is 3.01. The first-order chi connectivity index (χ1) is 7.25. The Morgan fingerprint density at radius 1 is 1.47 bits per heavy atom. The molecule has 1 saturated carbocycles. The Bertz CT molecular complexity index is 323. The third kappa shape index (κ3) is 3.49. The summed E-state index contributed by atoms with van der Waals surface area (Å²) in [6.07, 6.45) is 2.75. The van der Waals surface area contributed by atoms with Gasteiger partial charge in [-0.1, -0.05) is 23.7 Å². The van der Waals surface area contributed by atoms with E-state index >= 15 is 0 Å². The van der Waals surface area contributed by atoms with Crippen LogP contribution in [0, 0.1) is 5.92 Å². The van der Waals surface area contributed by atoms with Gasteiger partial charge >= 0.3 is 0 Å². The highest BCUT2D eigenvalue weighted by Crippen LogP contribution is 2.27. The number of hydrogen-bond donors (Lipinski definition) is 2. The summed E-state index contributed by atoms with van der Waals surface area (Å²) in [7, 11) is 0. The first-order valence-corrected chi connectivity index (χ1v) is 5.85. The Labute approximate surface area is 95.8 Å². The fourth-order valence-corrected chi connectivity index (χ4v) is 1.82. The molecule has 0 radical (unpaired) electrons. The quantitative estimate of drug-likeness (QED) is 0.806. The molecular formula is C12H17ClN2. The molecule has 1 aromatic rings. The van der Waals surface area contributed by atoms with Crippen molar-refractivity contribution >= 4 is 11.6 Å². The first kappa shape index (κ1) is 10.9. The zero-order valence-electron chi connectivity index (χ0n) is 8.75. The third-order valence-electron chi connectivity index (χ3n) is 2.77. The minimum Gasteiger partial charge on any atom is -0.323 e. The van der Waals surface area contributed by atoms with Gasteiger partial charge in [0.05, 0.1) is 0 Å². The second-order valence-corrected chi connectivity index (χ2v) is 4.70. The Balaban J connectivity index is 1.80. The van der Waals surface area contributed by atoms with Crippen LogP contribution in [0.2, 0.25) is 5.02 Å². The van der Waals surface area contributed by atoms with Gasteiger partial charge in [-0.05, 0) is 43.0 Å². The van der Waals surface area contributed by atoms with Gasteiger partial charge in [-0.3, -0.25) is 0 Å². The number of hydrogen-bond acceptors (Lipinski definition) is 2. The molecule has 0 aromatic heterocycles. The zero-order chi connectivity index (χ0) is 10.7. The van der Waals surface area contributed by atoms with Crippen LogP contribution in [0.1, 0.15) is 24.4 Å². The van der Waals surface area contributed by atoms with Crippen LogP contribution in [0.3, 0.4) is 0 Å². The molecule has 1 aliphatic rings. The number of nitrogens with one attached hydrogen (secondary N) is 1. The summed E-state index contributed by atoms with van der Waals surface area (Å²) in [5, 5.41) is 4.15. The van der Waals surface area contributed by atoms with E-state index < -0.39 is 0 Å². The molecule has 1 aromatic carbocycles.